The Balaban J connectivity index is 0.000000424. The highest BCUT2D eigenvalue weighted by molar-refractivity contribution is 6.30. The van der Waals surface area contributed by atoms with Gasteiger partial charge in [0.05, 0.1) is 0 Å². The van der Waals surface area contributed by atoms with E-state index in [1.54, 1.807) is 24.3 Å². The van der Waals surface area contributed by atoms with E-state index in [0.717, 1.165) is 5.69 Å². The van der Waals surface area contributed by atoms with Crippen LogP contribution in [-0.2, 0) is 0 Å². The molecule has 3 N–H and O–H groups in total. The van der Waals surface area contributed by atoms with Crippen LogP contribution in [0.3, 0.4) is 0 Å². The molecule has 0 radical (unpaired) electrons. The van der Waals surface area contributed by atoms with Crippen LogP contribution in [0.5, 0.6) is 0 Å². The number of nitriles is 2. The Labute approximate surface area is 81.1 Å². The standard InChI is InChI=1S/C7H5ClN2.CH2N2/c8-6-1-3-7(4-2-6)10-5-9;2-1-3/h1-4,10H;2H2. The van der Waals surface area contributed by atoms with Crippen LogP contribution in [0.15, 0.2) is 24.3 Å². The third-order valence-corrected chi connectivity index (χ3v) is 1.30. The topological polar surface area (TPSA) is 85.6 Å². The average Bonchev–Trinajstić information content (AvgIpc) is 2.11. The average molecular weight is 195 g/mol. The number of nitrogens with zero attached hydrogens (tertiary/aromatic N) is 2. The van der Waals surface area contributed by atoms with Gasteiger partial charge in [-0.3, -0.25) is 5.32 Å². The number of halogens is 1. The Morgan fingerprint density at radius 1 is 1.23 bits per heavy atom. The van der Waals surface area contributed by atoms with E-state index < -0.39 is 0 Å². The second kappa shape index (κ2) is 6.78. The van der Waals surface area contributed by atoms with Crippen LogP contribution in [-0.4, -0.2) is 0 Å². The van der Waals surface area contributed by atoms with E-state index in [-0.39, 0.29) is 0 Å². The minimum Gasteiger partial charge on any atom is -0.337 e. The fraction of sp³-hybridized carbons (Fsp3) is 0. The molecule has 0 bridgehead atoms. The molecule has 0 atom stereocenters. The van der Waals surface area contributed by atoms with Crippen LogP contribution in [0, 0.1) is 22.9 Å². The van der Waals surface area contributed by atoms with Crippen molar-refractivity contribution < 1.29 is 0 Å². The van der Waals surface area contributed by atoms with Crippen molar-refractivity contribution in [3.05, 3.63) is 29.3 Å². The number of benzene rings is 1. The van der Waals surface area contributed by atoms with Crippen LogP contribution in [0.1, 0.15) is 0 Å². The molecular formula is C8H7ClN4. The van der Waals surface area contributed by atoms with Crippen molar-refractivity contribution in [2.75, 3.05) is 5.32 Å². The van der Waals surface area contributed by atoms with Gasteiger partial charge in [-0.1, -0.05) is 11.6 Å². The number of nitrogens with one attached hydrogen (secondary N) is 1. The van der Waals surface area contributed by atoms with Gasteiger partial charge in [0, 0.05) is 10.7 Å². The summed E-state index contributed by atoms with van der Waals surface area (Å²) in [4.78, 5) is 0. The highest BCUT2D eigenvalue weighted by Gasteiger charge is 1.87. The van der Waals surface area contributed by atoms with E-state index >= 15 is 0 Å². The zero-order valence-electron chi connectivity index (χ0n) is 6.66. The van der Waals surface area contributed by atoms with Gasteiger partial charge >= 0.3 is 0 Å². The summed E-state index contributed by atoms with van der Waals surface area (Å²) in [6, 6.07) is 6.93. The Bertz CT molecular complexity index is 319. The fourth-order valence-electron chi connectivity index (χ4n) is 0.598. The third-order valence-electron chi connectivity index (χ3n) is 1.04. The summed E-state index contributed by atoms with van der Waals surface area (Å²) in [5.41, 5.74) is 4.91. The van der Waals surface area contributed by atoms with Crippen molar-refractivity contribution in [3.8, 4) is 12.4 Å². The van der Waals surface area contributed by atoms with Gasteiger partial charge in [0.2, 0.25) is 0 Å². The molecule has 0 aliphatic carbocycles. The van der Waals surface area contributed by atoms with Crippen LogP contribution in [0.25, 0.3) is 0 Å². The fourth-order valence-corrected chi connectivity index (χ4v) is 0.724. The summed E-state index contributed by atoms with van der Waals surface area (Å²) in [7, 11) is 0. The first-order chi connectivity index (χ1) is 6.24. The van der Waals surface area contributed by atoms with Crippen molar-refractivity contribution in [3.63, 3.8) is 0 Å². The molecule has 1 aromatic rings. The number of hydrogen-bond donors (Lipinski definition) is 2. The Morgan fingerprint density at radius 2 is 1.69 bits per heavy atom. The van der Waals surface area contributed by atoms with Gasteiger partial charge in [-0.15, -0.1) is 0 Å². The van der Waals surface area contributed by atoms with Crippen LogP contribution in [0.2, 0.25) is 5.02 Å². The minimum atomic E-state index is 0.670. The van der Waals surface area contributed by atoms with Gasteiger partial charge in [-0.2, -0.15) is 10.5 Å². The Kier molecular flexibility index (Phi) is 5.78. The van der Waals surface area contributed by atoms with Crippen LogP contribution in [0.4, 0.5) is 5.69 Å². The zero-order valence-corrected chi connectivity index (χ0v) is 7.42. The maximum atomic E-state index is 8.19. The molecule has 0 amide bonds. The predicted molar refractivity (Wildman–Crippen MR) is 50.5 cm³/mol. The van der Waals surface area contributed by atoms with Crippen molar-refractivity contribution in [2.45, 2.75) is 0 Å². The molecule has 66 valence electrons. The lowest BCUT2D eigenvalue weighted by Gasteiger charge is -1.94. The summed E-state index contributed by atoms with van der Waals surface area (Å²) in [6.45, 7) is 0. The first kappa shape index (κ1) is 11.1. The van der Waals surface area contributed by atoms with E-state index in [1.165, 1.54) is 6.19 Å². The number of rotatable bonds is 1. The van der Waals surface area contributed by atoms with Crippen LogP contribution < -0.4 is 11.1 Å². The Hall–Kier alpha value is -1.91. The van der Waals surface area contributed by atoms with Gasteiger partial charge in [0.1, 0.15) is 0 Å². The molecule has 5 heteroatoms. The Morgan fingerprint density at radius 3 is 2.08 bits per heavy atom. The highest BCUT2D eigenvalue weighted by atomic mass is 35.5. The molecular weight excluding hydrogens is 188 g/mol. The molecule has 1 rings (SSSR count). The number of anilines is 1. The molecule has 4 nitrogen and oxygen atoms in total. The largest absolute Gasteiger partial charge is 0.337 e. The van der Waals surface area contributed by atoms with Crippen molar-refractivity contribution in [1.29, 1.82) is 10.5 Å². The molecule has 0 aromatic heterocycles. The highest BCUT2D eigenvalue weighted by Crippen LogP contribution is 2.12. The SMILES string of the molecule is N#CN.N#CNc1ccc(Cl)cc1. The molecule has 0 saturated carbocycles. The van der Waals surface area contributed by atoms with Crippen molar-refractivity contribution in [2.24, 2.45) is 5.73 Å². The minimum absolute atomic E-state index is 0.670. The van der Waals surface area contributed by atoms with E-state index in [4.69, 9.17) is 22.1 Å². The summed E-state index contributed by atoms with van der Waals surface area (Å²) in [5, 5.41) is 18.4. The van der Waals surface area contributed by atoms with E-state index in [2.05, 4.69) is 11.1 Å². The number of nitrogens with two attached hydrogens (primary N) is 1. The number of hydrogen-bond acceptors (Lipinski definition) is 4. The molecule has 1 aromatic carbocycles. The summed E-state index contributed by atoms with van der Waals surface area (Å²) in [6.07, 6.45) is 3.06. The van der Waals surface area contributed by atoms with Crippen molar-refractivity contribution >= 4 is 17.3 Å². The summed E-state index contributed by atoms with van der Waals surface area (Å²) in [5.74, 6) is 0. The zero-order chi connectivity index (χ0) is 10.1. The maximum Gasteiger partial charge on any atom is 0.181 e. The second-order valence-electron chi connectivity index (χ2n) is 1.87. The van der Waals surface area contributed by atoms with Gasteiger partial charge < -0.3 is 5.73 Å². The third kappa shape index (κ3) is 5.37. The first-order valence-electron chi connectivity index (χ1n) is 3.25. The van der Waals surface area contributed by atoms with Gasteiger partial charge in [-0.25, -0.2) is 0 Å². The molecule has 0 spiro atoms. The van der Waals surface area contributed by atoms with Gasteiger partial charge in [-0.05, 0) is 24.3 Å². The van der Waals surface area contributed by atoms with E-state index in [0.29, 0.717) is 5.02 Å². The molecule has 0 aliphatic rings. The lowest BCUT2D eigenvalue weighted by Crippen LogP contribution is -1.84. The van der Waals surface area contributed by atoms with Crippen molar-refractivity contribution in [1.82, 2.24) is 0 Å². The van der Waals surface area contributed by atoms with Crippen LogP contribution >= 0.6 is 11.6 Å². The summed E-state index contributed by atoms with van der Waals surface area (Å²) >= 11 is 5.60. The lowest BCUT2D eigenvalue weighted by molar-refractivity contribution is 1.45. The van der Waals surface area contributed by atoms with E-state index in [9.17, 15) is 0 Å². The maximum absolute atomic E-state index is 8.19. The van der Waals surface area contributed by atoms with Gasteiger partial charge in [0.25, 0.3) is 0 Å². The van der Waals surface area contributed by atoms with Gasteiger partial charge in [0.15, 0.2) is 12.4 Å². The molecule has 0 heterocycles. The monoisotopic (exact) mass is 194 g/mol. The lowest BCUT2D eigenvalue weighted by atomic mass is 10.3. The molecule has 0 unspecified atom stereocenters. The second-order valence-corrected chi connectivity index (χ2v) is 2.31. The van der Waals surface area contributed by atoms with E-state index in [1.807, 2.05) is 6.19 Å². The normalized spacial score (nSPS) is 7.00. The molecule has 0 fully saturated rings. The first-order valence-corrected chi connectivity index (χ1v) is 3.62. The quantitative estimate of drug-likeness (QED) is 0.526. The molecule has 0 saturated heterocycles. The smallest absolute Gasteiger partial charge is 0.181 e. The molecule has 13 heavy (non-hydrogen) atoms. The predicted octanol–water partition coefficient (Wildman–Crippen LogP) is 1.66. The summed E-state index contributed by atoms with van der Waals surface area (Å²) < 4.78 is 0. The molecule has 0 aliphatic heterocycles.